The molecule has 2 atom stereocenters. The second kappa shape index (κ2) is 6.50. The molecule has 1 aromatic heterocycles. The van der Waals surface area contributed by atoms with E-state index >= 15 is 4.39 Å². The Bertz CT molecular complexity index is 720. The molecule has 1 N–H and O–H groups in total. The van der Waals surface area contributed by atoms with Gasteiger partial charge in [0.25, 0.3) is 0 Å². The third-order valence-corrected chi connectivity index (χ3v) is 5.59. The number of amides is 1. The maximum atomic E-state index is 15.2. The van der Waals surface area contributed by atoms with Crippen LogP contribution in [0.4, 0.5) is 10.1 Å². The van der Waals surface area contributed by atoms with Crippen LogP contribution in [0.15, 0.2) is 42.7 Å². The van der Waals surface area contributed by atoms with Crippen molar-refractivity contribution in [3.63, 3.8) is 0 Å². The van der Waals surface area contributed by atoms with E-state index in [0.29, 0.717) is 25.9 Å². The van der Waals surface area contributed by atoms with Gasteiger partial charge in [-0.25, -0.2) is 4.39 Å². The molecule has 2 fully saturated rings. The number of carbonyl (C=O) groups is 1. The molecular formula is C19H23FN4O. The Labute approximate surface area is 146 Å². The van der Waals surface area contributed by atoms with Gasteiger partial charge in [0.05, 0.1) is 6.20 Å². The van der Waals surface area contributed by atoms with Gasteiger partial charge in [-0.3, -0.25) is 9.89 Å². The summed E-state index contributed by atoms with van der Waals surface area (Å²) in [4.78, 5) is 15.8. The number of piperidine rings is 1. The smallest absolute Gasteiger partial charge is 0.222 e. The number of carbonyl (C=O) groups excluding carboxylic acids is 1. The lowest BCUT2D eigenvalue weighted by Gasteiger charge is -2.46. The average molecular weight is 342 g/mol. The maximum absolute atomic E-state index is 15.2. The topological polar surface area (TPSA) is 52.2 Å². The number of benzene rings is 1. The zero-order chi connectivity index (χ0) is 17.3. The Hall–Kier alpha value is -2.37. The predicted octanol–water partition coefficient (Wildman–Crippen LogP) is 2.87. The number of aromatic nitrogens is 2. The summed E-state index contributed by atoms with van der Waals surface area (Å²) in [6.07, 6.45) is 5.23. The lowest BCUT2D eigenvalue weighted by atomic mass is 9.73. The Kier molecular flexibility index (Phi) is 4.19. The van der Waals surface area contributed by atoms with Gasteiger partial charge in [0.2, 0.25) is 5.91 Å². The highest BCUT2D eigenvalue weighted by Crippen LogP contribution is 2.41. The van der Waals surface area contributed by atoms with Crippen LogP contribution >= 0.6 is 0 Å². The Morgan fingerprint density at radius 1 is 1.28 bits per heavy atom. The lowest BCUT2D eigenvalue weighted by Crippen LogP contribution is -2.52. The number of anilines is 1. The van der Waals surface area contributed by atoms with Crippen molar-refractivity contribution in [3.05, 3.63) is 48.3 Å². The number of nitrogens with zero attached hydrogens (tertiary/aromatic N) is 3. The Morgan fingerprint density at radius 3 is 2.76 bits per heavy atom. The number of rotatable bonds is 4. The standard InChI is InChI=1S/C19H23FN4O/c20-17-11-19(15-12-21-22-13-15,14-23-9-4-7-18(23)25)8-10-24(17)16-5-2-1-3-6-16/h1-3,5-6,12-13,17H,4,7-11,14H2,(H,21,22). The number of H-pyrrole nitrogens is 1. The van der Waals surface area contributed by atoms with Crippen molar-refractivity contribution in [1.29, 1.82) is 0 Å². The molecule has 2 aliphatic rings. The largest absolute Gasteiger partial charge is 0.342 e. The molecule has 0 aliphatic carbocycles. The van der Waals surface area contributed by atoms with Crippen molar-refractivity contribution in [2.75, 3.05) is 24.5 Å². The lowest BCUT2D eigenvalue weighted by molar-refractivity contribution is -0.128. The average Bonchev–Trinajstić information content (AvgIpc) is 3.29. The molecule has 6 heteroatoms. The molecule has 1 amide bonds. The van der Waals surface area contributed by atoms with Crippen LogP contribution in [0.25, 0.3) is 0 Å². The summed E-state index contributed by atoms with van der Waals surface area (Å²) in [5, 5.41) is 6.93. The molecule has 25 heavy (non-hydrogen) atoms. The first kappa shape index (κ1) is 16.1. The fourth-order valence-electron chi connectivity index (χ4n) is 4.19. The van der Waals surface area contributed by atoms with Gasteiger partial charge in [0.1, 0.15) is 0 Å². The number of nitrogens with one attached hydrogen (secondary N) is 1. The summed E-state index contributed by atoms with van der Waals surface area (Å²) in [6, 6.07) is 9.70. The Morgan fingerprint density at radius 2 is 2.12 bits per heavy atom. The first-order valence-electron chi connectivity index (χ1n) is 8.91. The van der Waals surface area contributed by atoms with Crippen LogP contribution < -0.4 is 4.90 Å². The molecule has 0 saturated carbocycles. The fourth-order valence-corrected chi connectivity index (χ4v) is 4.19. The normalized spacial score (nSPS) is 27.1. The zero-order valence-corrected chi connectivity index (χ0v) is 14.2. The van der Waals surface area contributed by atoms with Crippen LogP contribution in [0.1, 0.15) is 31.2 Å². The van der Waals surface area contributed by atoms with Crippen LogP contribution in [-0.2, 0) is 10.2 Å². The quantitative estimate of drug-likeness (QED) is 0.870. The maximum Gasteiger partial charge on any atom is 0.222 e. The fraction of sp³-hybridized carbons (Fsp3) is 0.474. The van der Waals surface area contributed by atoms with E-state index in [1.807, 2.05) is 46.3 Å². The molecule has 0 radical (unpaired) electrons. The molecule has 2 aliphatic heterocycles. The molecule has 1 aromatic carbocycles. The van der Waals surface area contributed by atoms with E-state index in [9.17, 15) is 4.79 Å². The highest BCUT2D eigenvalue weighted by molar-refractivity contribution is 5.78. The van der Waals surface area contributed by atoms with E-state index in [1.54, 1.807) is 6.20 Å². The van der Waals surface area contributed by atoms with Gasteiger partial charge in [-0.1, -0.05) is 18.2 Å². The van der Waals surface area contributed by atoms with Crippen molar-refractivity contribution in [2.45, 2.75) is 37.4 Å². The Balaban J connectivity index is 1.59. The first-order valence-corrected chi connectivity index (χ1v) is 8.91. The van der Waals surface area contributed by atoms with Crippen LogP contribution in [-0.4, -0.2) is 46.9 Å². The van der Waals surface area contributed by atoms with E-state index in [-0.39, 0.29) is 11.3 Å². The number of aromatic amines is 1. The van der Waals surface area contributed by atoms with Gasteiger partial charge in [-0.05, 0) is 30.5 Å². The summed E-state index contributed by atoms with van der Waals surface area (Å²) < 4.78 is 15.2. The number of likely N-dealkylation sites (tertiary alicyclic amines) is 1. The minimum Gasteiger partial charge on any atom is -0.342 e. The number of hydrogen-bond acceptors (Lipinski definition) is 3. The van der Waals surface area contributed by atoms with E-state index in [0.717, 1.165) is 30.6 Å². The molecule has 0 bridgehead atoms. The highest BCUT2D eigenvalue weighted by Gasteiger charge is 2.44. The molecular weight excluding hydrogens is 319 g/mol. The second-order valence-electron chi connectivity index (χ2n) is 7.10. The minimum atomic E-state index is -1.08. The van der Waals surface area contributed by atoms with Crippen LogP contribution in [0.3, 0.4) is 0 Å². The molecule has 4 rings (SSSR count). The highest BCUT2D eigenvalue weighted by atomic mass is 19.1. The summed E-state index contributed by atoms with van der Waals surface area (Å²) in [5.74, 6) is 0.184. The minimum absolute atomic E-state index is 0.184. The molecule has 2 unspecified atom stereocenters. The molecule has 2 saturated heterocycles. The third kappa shape index (κ3) is 3.01. The van der Waals surface area contributed by atoms with Crippen LogP contribution in [0.2, 0.25) is 0 Å². The van der Waals surface area contributed by atoms with Crippen molar-refractivity contribution in [3.8, 4) is 0 Å². The summed E-state index contributed by atoms with van der Waals surface area (Å²) in [6.45, 7) is 1.98. The first-order chi connectivity index (χ1) is 12.2. The zero-order valence-electron chi connectivity index (χ0n) is 14.2. The second-order valence-corrected chi connectivity index (χ2v) is 7.10. The summed E-state index contributed by atoms with van der Waals surface area (Å²) in [7, 11) is 0. The van der Waals surface area contributed by atoms with E-state index < -0.39 is 6.30 Å². The van der Waals surface area contributed by atoms with E-state index in [4.69, 9.17) is 0 Å². The van der Waals surface area contributed by atoms with Gasteiger partial charge < -0.3 is 9.80 Å². The van der Waals surface area contributed by atoms with Crippen LogP contribution in [0.5, 0.6) is 0 Å². The molecule has 3 heterocycles. The number of hydrogen-bond donors (Lipinski definition) is 1. The monoisotopic (exact) mass is 342 g/mol. The number of alkyl halides is 1. The van der Waals surface area contributed by atoms with E-state index in [2.05, 4.69) is 10.2 Å². The number of halogens is 1. The van der Waals surface area contributed by atoms with Crippen molar-refractivity contribution < 1.29 is 9.18 Å². The number of para-hydroxylation sites is 1. The summed E-state index contributed by atoms with van der Waals surface area (Å²) >= 11 is 0. The molecule has 2 aromatic rings. The molecule has 5 nitrogen and oxygen atoms in total. The van der Waals surface area contributed by atoms with Crippen LogP contribution in [0, 0.1) is 0 Å². The molecule has 132 valence electrons. The van der Waals surface area contributed by atoms with E-state index in [1.165, 1.54) is 0 Å². The van der Waals surface area contributed by atoms with Crippen molar-refractivity contribution in [1.82, 2.24) is 15.1 Å². The predicted molar refractivity (Wildman–Crippen MR) is 94.0 cm³/mol. The van der Waals surface area contributed by atoms with Crippen molar-refractivity contribution in [2.24, 2.45) is 0 Å². The van der Waals surface area contributed by atoms with Crippen molar-refractivity contribution >= 4 is 11.6 Å². The van der Waals surface area contributed by atoms with Gasteiger partial charge in [0.15, 0.2) is 6.30 Å². The molecule has 0 spiro atoms. The SMILES string of the molecule is O=C1CCCN1CC1(c2cn[nH]c2)CCN(c2ccccc2)C(F)C1. The third-order valence-electron chi connectivity index (χ3n) is 5.59. The van der Waals surface area contributed by atoms with Gasteiger partial charge in [-0.15, -0.1) is 0 Å². The summed E-state index contributed by atoms with van der Waals surface area (Å²) in [5.41, 5.74) is 1.54. The van der Waals surface area contributed by atoms with Gasteiger partial charge in [0, 0.05) is 49.8 Å². The van der Waals surface area contributed by atoms with Gasteiger partial charge >= 0.3 is 0 Å². The van der Waals surface area contributed by atoms with Gasteiger partial charge in [-0.2, -0.15) is 5.10 Å².